The lowest BCUT2D eigenvalue weighted by molar-refractivity contribution is -0.140. The lowest BCUT2D eigenvalue weighted by Gasteiger charge is -2.11. The van der Waals surface area contributed by atoms with Crippen molar-refractivity contribution in [3.05, 3.63) is 34.4 Å². The molecule has 0 aliphatic rings. The van der Waals surface area contributed by atoms with Crippen molar-refractivity contribution < 1.29 is 30.7 Å². The third kappa shape index (κ3) is 1.68. The summed E-state index contributed by atoms with van der Waals surface area (Å²) in [5, 5.41) is 8.16. The van der Waals surface area contributed by atoms with Gasteiger partial charge in [0.2, 0.25) is 0 Å². The van der Waals surface area contributed by atoms with Gasteiger partial charge in [0.25, 0.3) is 0 Å². The van der Waals surface area contributed by atoms with Crippen LogP contribution >= 0.6 is 0 Å². The van der Waals surface area contributed by atoms with E-state index in [2.05, 4.69) is 0 Å². The summed E-state index contributed by atoms with van der Waals surface area (Å²) in [6.45, 7) is 0. The minimum Gasteiger partial charge on any atom is -0.203 e. The molecule has 0 saturated heterocycles. The SMILES string of the molecule is N#Cc1c(F)c(F)c(F)c(F)c1C(F)(F)F. The van der Waals surface area contributed by atoms with E-state index in [0.29, 0.717) is 6.07 Å². The summed E-state index contributed by atoms with van der Waals surface area (Å²) in [6, 6.07) is 0.638. The summed E-state index contributed by atoms with van der Waals surface area (Å²) in [4.78, 5) is 0. The van der Waals surface area contributed by atoms with E-state index in [9.17, 15) is 30.7 Å². The molecule has 0 aromatic heterocycles. The van der Waals surface area contributed by atoms with Crippen LogP contribution in [0.3, 0.4) is 0 Å². The van der Waals surface area contributed by atoms with Crippen molar-refractivity contribution >= 4 is 0 Å². The molecule has 1 aromatic carbocycles. The van der Waals surface area contributed by atoms with Gasteiger partial charge in [-0.2, -0.15) is 18.4 Å². The highest BCUT2D eigenvalue weighted by Gasteiger charge is 2.42. The number of rotatable bonds is 0. The van der Waals surface area contributed by atoms with E-state index in [1.54, 1.807) is 0 Å². The Morgan fingerprint density at radius 2 is 1.25 bits per heavy atom. The zero-order chi connectivity index (χ0) is 12.7. The van der Waals surface area contributed by atoms with Crippen LogP contribution in [0, 0.1) is 34.6 Å². The fraction of sp³-hybridized carbons (Fsp3) is 0.125. The second kappa shape index (κ2) is 3.66. The van der Waals surface area contributed by atoms with Gasteiger partial charge in [0.1, 0.15) is 17.2 Å². The molecule has 0 unspecified atom stereocenters. The second-order valence-electron chi connectivity index (χ2n) is 2.62. The Bertz CT molecular complexity index is 483. The molecule has 0 aliphatic heterocycles. The van der Waals surface area contributed by atoms with E-state index in [0.717, 1.165) is 0 Å². The van der Waals surface area contributed by atoms with Crippen LogP contribution in [0.5, 0.6) is 0 Å². The molecule has 86 valence electrons. The molecule has 0 heterocycles. The van der Waals surface area contributed by atoms with E-state index in [1.807, 2.05) is 0 Å². The van der Waals surface area contributed by atoms with Gasteiger partial charge in [-0.05, 0) is 0 Å². The normalized spacial score (nSPS) is 11.4. The molecule has 0 saturated carbocycles. The number of hydrogen-bond acceptors (Lipinski definition) is 1. The molecule has 16 heavy (non-hydrogen) atoms. The van der Waals surface area contributed by atoms with Gasteiger partial charge < -0.3 is 0 Å². The molecule has 0 bridgehead atoms. The number of hydrogen-bond donors (Lipinski definition) is 0. The molecular weight excluding hydrogens is 243 g/mol. The Morgan fingerprint density at radius 3 is 1.62 bits per heavy atom. The van der Waals surface area contributed by atoms with Crippen LogP contribution in [0.1, 0.15) is 11.1 Å². The van der Waals surface area contributed by atoms with Gasteiger partial charge in [0.15, 0.2) is 23.3 Å². The predicted octanol–water partition coefficient (Wildman–Crippen LogP) is 3.13. The minimum atomic E-state index is -5.50. The molecule has 0 aliphatic carbocycles. The van der Waals surface area contributed by atoms with Gasteiger partial charge in [-0.1, -0.05) is 0 Å². The molecule has 0 spiro atoms. The number of benzene rings is 1. The van der Waals surface area contributed by atoms with E-state index in [-0.39, 0.29) is 0 Å². The van der Waals surface area contributed by atoms with Crippen molar-refractivity contribution in [2.75, 3.05) is 0 Å². The van der Waals surface area contributed by atoms with Gasteiger partial charge in [-0.3, -0.25) is 0 Å². The van der Waals surface area contributed by atoms with Crippen molar-refractivity contribution in [1.82, 2.24) is 0 Å². The number of nitriles is 1. The maximum absolute atomic E-state index is 12.7. The van der Waals surface area contributed by atoms with Crippen LogP contribution in [0.15, 0.2) is 0 Å². The van der Waals surface area contributed by atoms with Gasteiger partial charge in [0.05, 0.1) is 0 Å². The Morgan fingerprint density at radius 1 is 0.812 bits per heavy atom. The molecule has 8 heteroatoms. The first kappa shape index (κ1) is 12.3. The third-order valence-electron chi connectivity index (χ3n) is 1.66. The highest BCUT2D eigenvalue weighted by atomic mass is 19.4. The molecule has 1 aromatic rings. The zero-order valence-electron chi connectivity index (χ0n) is 7.09. The monoisotopic (exact) mass is 243 g/mol. The first-order valence-corrected chi connectivity index (χ1v) is 3.55. The van der Waals surface area contributed by atoms with E-state index in [1.165, 1.54) is 0 Å². The Hall–Kier alpha value is -1.78. The largest absolute Gasteiger partial charge is 0.420 e. The summed E-state index contributed by atoms with van der Waals surface area (Å²) in [7, 11) is 0. The summed E-state index contributed by atoms with van der Waals surface area (Å²) < 4.78 is 86.9. The van der Waals surface area contributed by atoms with Gasteiger partial charge >= 0.3 is 6.18 Å². The Balaban J connectivity index is 3.81. The quantitative estimate of drug-likeness (QED) is 0.390. The van der Waals surface area contributed by atoms with Crippen LogP contribution in [0.2, 0.25) is 0 Å². The molecule has 0 N–H and O–H groups in total. The lowest BCUT2D eigenvalue weighted by Crippen LogP contribution is -2.16. The third-order valence-corrected chi connectivity index (χ3v) is 1.66. The maximum Gasteiger partial charge on any atom is 0.420 e. The van der Waals surface area contributed by atoms with Crippen LogP contribution < -0.4 is 0 Å². The summed E-state index contributed by atoms with van der Waals surface area (Å²) >= 11 is 0. The average Bonchev–Trinajstić information content (AvgIpc) is 2.18. The van der Waals surface area contributed by atoms with E-state index < -0.39 is 40.6 Å². The van der Waals surface area contributed by atoms with Gasteiger partial charge in [-0.25, -0.2) is 17.6 Å². The zero-order valence-corrected chi connectivity index (χ0v) is 7.09. The number of nitrogens with zero attached hydrogens (tertiary/aromatic N) is 1. The number of halogens is 7. The highest BCUT2D eigenvalue weighted by molar-refractivity contribution is 5.42. The van der Waals surface area contributed by atoms with E-state index in [4.69, 9.17) is 5.26 Å². The molecule has 0 amide bonds. The second-order valence-corrected chi connectivity index (χ2v) is 2.62. The van der Waals surface area contributed by atoms with Crippen LogP contribution in [-0.4, -0.2) is 0 Å². The average molecular weight is 243 g/mol. The van der Waals surface area contributed by atoms with Crippen LogP contribution in [-0.2, 0) is 6.18 Å². The lowest BCUT2D eigenvalue weighted by atomic mass is 10.1. The summed E-state index contributed by atoms with van der Waals surface area (Å²) in [5.74, 6) is -10.1. The van der Waals surface area contributed by atoms with Crippen molar-refractivity contribution in [1.29, 1.82) is 5.26 Å². The van der Waals surface area contributed by atoms with Crippen molar-refractivity contribution in [3.63, 3.8) is 0 Å². The van der Waals surface area contributed by atoms with E-state index >= 15 is 0 Å². The summed E-state index contributed by atoms with van der Waals surface area (Å²) in [5.41, 5.74) is -4.37. The van der Waals surface area contributed by atoms with Crippen molar-refractivity contribution in [2.24, 2.45) is 0 Å². The maximum atomic E-state index is 12.7. The molecule has 0 atom stereocenters. The first-order valence-electron chi connectivity index (χ1n) is 3.55. The predicted molar refractivity (Wildman–Crippen MR) is 36.0 cm³/mol. The minimum absolute atomic E-state index is 0.638. The van der Waals surface area contributed by atoms with Crippen LogP contribution in [0.25, 0.3) is 0 Å². The Labute approximate surface area is 83.7 Å². The van der Waals surface area contributed by atoms with Gasteiger partial charge in [0, 0.05) is 0 Å². The first-order chi connectivity index (χ1) is 7.21. The molecule has 0 radical (unpaired) electrons. The highest BCUT2D eigenvalue weighted by Crippen LogP contribution is 2.36. The number of alkyl halides is 3. The standard InChI is InChI=1S/C8F7N/c9-4-2(1-16)3(8(13,14)15)5(10)7(12)6(4)11. The summed E-state index contributed by atoms with van der Waals surface area (Å²) in [6.07, 6.45) is -5.50. The molecule has 1 nitrogen and oxygen atoms in total. The fourth-order valence-electron chi connectivity index (χ4n) is 1.00. The van der Waals surface area contributed by atoms with Gasteiger partial charge in [-0.15, -0.1) is 0 Å². The fourth-order valence-corrected chi connectivity index (χ4v) is 1.00. The molecular formula is C8F7N. The Kier molecular flexibility index (Phi) is 2.81. The topological polar surface area (TPSA) is 23.8 Å². The van der Waals surface area contributed by atoms with Crippen molar-refractivity contribution in [3.8, 4) is 6.07 Å². The smallest absolute Gasteiger partial charge is 0.203 e. The van der Waals surface area contributed by atoms with Crippen LogP contribution in [0.4, 0.5) is 30.7 Å². The molecule has 1 rings (SSSR count). The van der Waals surface area contributed by atoms with Crippen molar-refractivity contribution in [2.45, 2.75) is 6.18 Å². The molecule has 0 fully saturated rings.